The number of H-pyrrole nitrogens is 1. The maximum absolute atomic E-state index is 14.2. The van der Waals surface area contributed by atoms with Crippen LogP contribution in [0, 0.1) is 11.8 Å². The van der Waals surface area contributed by atoms with Crippen LogP contribution in [-0.2, 0) is 21.4 Å². The summed E-state index contributed by atoms with van der Waals surface area (Å²) in [6.45, 7) is 7.39. The predicted molar refractivity (Wildman–Crippen MR) is 204 cm³/mol. The minimum absolute atomic E-state index is 0.0107. The summed E-state index contributed by atoms with van der Waals surface area (Å²) in [5.41, 5.74) is 8.06. The Morgan fingerprint density at radius 2 is 1.80 bits per heavy atom. The van der Waals surface area contributed by atoms with Crippen LogP contribution in [0.4, 0.5) is 0 Å². The number of nitrogens with zero attached hydrogens (tertiary/aromatic N) is 2. The van der Waals surface area contributed by atoms with Gasteiger partial charge in [0, 0.05) is 34.0 Å². The second-order valence-electron chi connectivity index (χ2n) is 15.0. The summed E-state index contributed by atoms with van der Waals surface area (Å²) in [7, 11) is 0. The fraction of sp³-hybridized carbons (Fsp3) is 0.300. The smallest absolute Gasteiger partial charge is 0.250 e. The molecular formula is C40H36Cl2N6O7. The number of phenolic OH excluding ortho intramolecular Hbond substituents is 1. The van der Waals surface area contributed by atoms with E-state index in [1.807, 2.05) is 58.0 Å². The number of aromatic nitrogens is 3. The number of oxazole rings is 2. The Kier molecular flexibility index (Phi) is 8.10. The lowest BCUT2D eigenvalue weighted by atomic mass is 9.70. The highest BCUT2D eigenvalue weighted by Crippen LogP contribution is 2.59. The highest BCUT2D eigenvalue weighted by Gasteiger charge is 2.58. The van der Waals surface area contributed by atoms with Crippen LogP contribution in [0.1, 0.15) is 62.1 Å². The quantitative estimate of drug-likeness (QED) is 0.117. The number of rotatable bonds is 4. The molecule has 3 aromatic heterocycles. The molecule has 10 bridgehead atoms. The van der Waals surface area contributed by atoms with E-state index in [4.69, 9.17) is 47.5 Å². The molecule has 0 radical (unpaired) electrons. The van der Waals surface area contributed by atoms with Gasteiger partial charge in [-0.15, -0.1) is 0 Å². The first-order chi connectivity index (χ1) is 26.3. The van der Waals surface area contributed by atoms with Gasteiger partial charge in [0.05, 0.1) is 11.6 Å². The average Bonchev–Trinajstić information content (AvgIpc) is 3.90. The fourth-order valence-electron chi connectivity index (χ4n) is 8.06. The van der Waals surface area contributed by atoms with Crippen LogP contribution in [0.5, 0.6) is 11.5 Å². The van der Waals surface area contributed by atoms with Crippen LogP contribution < -0.4 is 21.1 Å². The third kappa shape index (κ3) is 5.13. The van der Waals surface area contributed by atoms with Gasteiger partial charge in [-0.1, -0.05) is 93.4 Å². The lowest BCUT2D eigenvalue weighted by Crippen LogP contribution is -2.54. The number of hydrogen-bond acceptors (Lipinski definition) is 10. The number of carbonyl (C=O) groups excluding carboxylic acids is 2. The summed E-state index contributed by atoms with van der Waals surface area (Å²) < 4.78 is 19.8. The van der Waals surface area contributed by atoms with E-state index in [-0.39, 0.29) is 68.9 Å². The Hall–Kier alpha value is -5.34. The summed E-state index contributed by atoms with van der Waals surface area (Å²) in [6.07, 6.45) is -1.70. The number of nitrogens with one attached hydrogen (secondary N) is 3. The molecule has 1 spiro atoms. The van der Waals surface area contributed by atoms with Gasteiger partial charge in [-0.3, -0.25) is 9.59 Å². The zero-order valence-electron chi connectivity index (χ0n) is 30.0. The molecule has 13 nitrogen and oxygen atoms in total. The third-order valence-corrected chi connectivity index (χ3v) is 11.5. The zero-order chi connectivity index (χ0) is 38.7. The normalized spacial score (nSPS) is 21.6. The van der Waals surface area contributed by atoms with E-state index in [0.717, 1.165) is 0 Å². The van der Waals surface area contributed by atoms with Crippen molar-refractivity contribution < 1.29 is 33.4 Å². The maximum atomic E-state index is 14.2. The molecule has 6 heterocycles. The Balaban J connectivity index is 1.40. The summed E-state index contributed by atoms with van der Waals surface area (Å²) in [5, 5.41) is 31.2. The number of carbonyl (C=O) groups is 2. The molecule has 6 aromatic rings. The number of para-hydroxylation sites is 1. The lowest BCUT2D eigenvalue weighted by molar-refractivity contribution is -0.130. The molecule has 3 aromatic carbocycles. The van der Waals surface area contributed by atoms with E-state index < -0.39 is 41.6 Å². The number of halogens is 2. The van der Waals surface area contributed by atoms with Gasteiger partial charge in [0.2, 0.25) is 24.0 Å². The van der Waals surface area contributed by atoms with Gasteiger partial charge in [-0.05, 0) is 35.1 Å². The predicted octanol–water partition coefficient (Wildman–Crippen LogP) is 6.35. The number of benzene rings is 3. The molecule has 0 saturated carbocycles. The fourth-order valence-corrected chi connectivity index (χ4v) is 8.55. The van der Waals surface area contributed by atoms with Gasteiger partial charge in [0.15, 0.2) is 22.4 Å². The number of ether oxygens (including phenoxy) is 1. The average molecular weight is 784 g/mol. The molecule has 7 N–H and O–H groups in total. The van der Waals surface area contributed by atoms with Crippen molar-refractivity contribution in [2.45, 2.75) is 63.9 Å². The molecule has 15 heteroatoms. The first-order valence-corrected chi connectivity index (χ1v) is 18.7. The molecule has 0 unspecified atom stereocenters. The van der Waals surface area contributed by atoms with E-state index in [2.05, 4.69) is 20.6 Å². The minimum atomic E-state index is -1.80. The number of nitrogens with two attached hydrogens (primary N) is 1. The van der Waals surface area contributed by atoms with Gasteiger partial charge in [-0.2, -0.15) is 4.98 Å². The highest BCUT2D eigenvalue weighted by atomic mass is 35.5. The zero-order valence-corrected chi connectivity index (χ0v) is 31.5. The maximum Gasteiger partial charge on any atom is 0.250 e. The van der Waals surface area contributed by atoms with Gasteiger partial charge in [0.1, 0.15) is 34.2 Å². The Bertz CT molecular complexity index is 2580. The second kappa shape index (κ2) is 12.6. The second-order valence-corrected chi connectivity index (χ2v) is 15.7. The summed E-state index contributed by atoms with van der Waals surface area (Å²) in [4.78, 5) is 40.3. The van der Waals surface area contributed by atoms with Crippen LogP contribution in [-0.4, -0.2) is 55.4 Å². The van der Waals surface area contributed by atoms with Gasteiger partial charge in [0.25, 0.3) is 5.89 Å². The summed E-state index contributed by atoms with van der Waals surface area (Å²) in [5.74, 6) is -1.24. The minimum Gasteiger partial charge on any atom is -0.508 e. The van der Waals surface area contributed by atoms with Crippen molar-refractivity contribution in [3.05, 3.63) is 93.2 Å². The third-order valence-electron chi connectivity index (χ3n) is 10.9. The monoisotopic (exact) mass is 782 g/mol. The van der Waals surface area contributed by atoms with E-state index in [1.165, 1.54) is 6.07 Å². The lowest BCUT2D eigenvalue weighted by Gasteiger charge is -2.32. The Labute approximate surface area is 324 Å². The van der Waals surface area contributed by atoms with E-state index >= 15 is 0 Å². The number of amides is 2. The number of phenols is 1. The molecule has 0 fully saturated rings. The van der Waals surface area contributed by atoms with Crippen molar-refractivity contribution in [2.24, 2.45) is 17.6 Å². The number of aromatic amines is 1. The molecule has 2 amide bonds. The number of fused-ring (bicyclic) bond motifs is 8. The first-order valence-electron chi connectivity index (χ1n) is 17.9. The molecule has 5 atom stereocenters. The molecule has 3 aliphatic rings. The van der Waals surface area contributed by atoms with Crippen LogP contribution in [0.2, 0.25) is 10.3 Å². The first kappa shape index (κ1) is 35.4. The Morgan fingerprint density at radius 3 is 2.56 bits per heavy atom. The van der Waals surface area contributed by atoms with Crippen LogP contribution in [0.3, 0.4) is 0 Å². The van der Waals surface area contributed by atoms with Crippen molar-refractivity contribution in [1.29, 1.82) is 0 Å². The van der Waals surface area contributed by atoms with E-state index in [9.17, 15) is 19.8 Å². The van der Waals surface area contributed by atoms with Crippen molar-refractivity contribution >= 4 is 45.9 Å². The van der Waals surface area contributed by atoms with Crippen molar-refractivity contribution in [3.8, 4) is 45.5 Å². The molecule has 3 aliphatic heterocycles. The molecule has 55 heavy (non-hydrogen) atoms. The molecular weight excluding hydrogens is 747 g/mol. The van der Waals surface area contributed by atoms with E-state index in [1.54, 1.807) is 18.2 Å². The van der Waals surface area contributed by atoms with Crippen LogP contribution in [0.25, 0.3) is 44.9 Å². The van der Waals surface area contributed by atoms with Crippen molar-refractivity contribution in [2.75, 3.05) is 0 Å². The molecule has 0 aliphatic carbocycles. The van der Waals surface area contributed by atoms with Crippen molar-refractivity contribution in [1.82, 2.24) is 25.6 Å². The number of aliphatic hydroxyl groups excluding tert-OH is 1. The Morgan fingerprint density at radius 1 is 1.04 bits per heavy atom. The SMILES string of the molecule is CC(C)[C@H](N)C(=O)N[C@H]1Cc2ccc(O)c(c2)[C@]23c4cccc(c4O[C@@H]2O)-c2cccc4[nH]c(Cl)c(c24)-c2oc(nc2Cl)-c2nc(oc23)[C@H](C(C)C)NC1=O. The van der Waals surface area contributed by atoms with Crippen molar-refractivity contribution in [3.63, 3.8) is 0 Å². The number of hydrogen-bond donors (Lipinski definition) is 6. The largest absolute Gasteiger partial charge is 0.508 e. The molecule has 9 rings (SSSR count). The molecule has 0 saturated heterocycles. The van der Waals surface area contributed by atoms with Crippen LogP contribution in [0.15, 0.2) is 63.4 Å². The number of aliphatic hydroxyl groups is 1. The summed E-state index contributed by atoms with van der Waals surface area (Å²) in [6, 6.07) is 13.1. The van der Waals surface area contributed by atoms with Gasteiger partial charge in [-0.25, -0.2) is 4.98 Å². The van der Waals surface area contributed by atoms with Crippen LogP contribution >= 0.6 is 23.2 Å². The molecule has 282 valence electrons. The topological polar surface area (TPSA) is 202 Å². The van der Waals surface area contributed by atoms with E-state index in [0.29, 0.717) is 44.5 Å². The van der Waals surface area contributed by atoms with Gasteiger partial charge < -0.3 is 45.1 Å². The summed E-state index contributed by atoms with van der Waals surface area (Å²) >= 11 is 13.8. The highest BCUT2D eigenvalue weighted by molar-refractivity contribution is 6.37. The number of aromatic hydroxyl groups is 1. The van der Waals surface area contributed by atoms with Gasteiger partial charge >= 0.3 is 0 Å². The standard InChI is InChI=1S/C40H36Cl2N6O7/c1-15(2)27(43)36(51)45-23-14-17-11-12-24(49)21(13-17)40-20-9-5-8-19(30(20)54-39(40)52)18-7-6-10-22-25(18)26(33(41)44-22)31-34(42)48-38(53-31)29-32(40)55-37(47-29)28(16(3)4)46-35(23)50/h5-13,15-16,23,27-28,39,44,49,52H,14,43H2,1-4H3,(H,45,51)(H,46,50)/t23-,27-,28-,39-,40-/m0/s1.